The van der Waals surface area contributed by atoms with Gasteiger partial charge in [-0.05, 0) is 25.5 Å². The van der Waals surface area contributed by atoms with Gasteiger partial charge in [-0.15, -0.1) is 11.8 Å². The van der Waals surface area contributed by atoms with Crippen molar-refractivity contribution in [1.29, 1.82) is 0 Å². The van der Waals surface area contributed by atoms with Crippen molar-refractivity contribution in [1.82, 2.24) is 0 Å². The number of hydrogen-bond donors (Lipinski definition) is 0. The molecule has 0 aromatic heterocycles. The number of esters is 2. The molecule has 1 aromatic carbocycles. The zero-order valence-corrected chi connectivity index (χ0v) is 14.6. The average molecular weight is 336 g/mol. The molecule has 0 unspecified atom stereocenters. The molecule has 0 aliphatic rings. The molecule has 0 fully saturated rings. The number of thioether (sulfide) groups is 1. The Morgan fingerprint density at radius 3 is 2.48 bits per heavy atom. The summed E-state index contributed by atoms with van der Waals surface area (Å²) in [4.78, 5) is 24.3. The fourth-order valence-corrected chi connectivity index (χ4v) is 2.39. The lowest BCUT2D eigenvalue weighted by Gasteiger charge is -2.07. The van der Waals surface area contributed by atoms with Crippen LogP contribution < -0.4 is 0 Å². The summed E-state index contributed by atoms with van der Waals surface area (Å²) in [5, 5.41) is 0. The lowest BCUT2D eigenvalue weighted by Crippen LogP contribution is -2.14. The van der Waals surface area contributed by atoms with Crippen molar-refractivity contribution < 1.29 is 19.1 Å². The highest BCUT2D eigenvalue weighted by atomic mass is 32.2. The van der Waals surface area contributed by atoms with Crippen LogP contribution >= 0.6 is 11.8 Å². The first-order chi connectivity index (χ1) is 11.0. The molecule has 0 spiro atoms. The van der Waals surface area contributed by atoms with E-state index < -0.39 is 11.9 Å². The van der Waals surface area contributed by atoms with Crippen molar-refractivity contribution in [2.24, 2.45) is 0 Å². The monoisotopic (exact) mass is 336 g/mol. The normalized spacial score (nSPS) is 10.2. The SMILES string of the molecule is C=C(CC(=O)OCCCC)C(=O)OCCSc1ccc(C)cc1. The van der Waals surface area contributed by atoms with Gasteiger partial charge in [0.25, 0.3) is 0 Å². The van der Waals surface area contributed by atoms with Gasteiger partial charge in [0.05, 0.1) is 13.0 Å². The predicted octanol–water partition coefficient (Wildman–Crippen LogP) is 3.92. The van der Waals surface area contributed by atoms with Crippen LogP contribution in [0, 0.1) is 6.92 Å². The van der Waals surface area contributed by atoms with Crippen molar-refractivity contribution in [2.75, 3.05) is 19.0 Å². The van der Waals surface area contributed by atoms with Gasteiger partial charge < -0.3 is 9.47 Å². The van der Waals surface area contributed by atoms with E-state index >= 15 is 0 Å². The van der Waals surface area contributed by atoms with Gasteiger partial charge in [-0.2, -0.15) is 0 Å². The van der Waals surface area contributed by atoms with E-state index in [0.29, 0.717) is 12.4 Å². The Kier molecular flexibility index (Phi) is 9.14. The number of unbranched alkanes of at least 4 members (excludes halogenated alkanes) is 1. The summed E-state index contributed by atoms with van der Waals surface area (Å²) < 4.78 is 10.1. The Bertz CT molecular complexity index is 522. The number of hydrogen-bond acceptors (Lipinski definition) is 5. The minimum atomic E-state index is -0.540. The molecule has 0 N–H and O–H groups in total. The minimum absolute atomic E-state index is 0.117. The summed E-state index contributed by atoms with van der Waals surface area (Å²) in [6, 6.07) is 8.15. The van der Waals surface area contributed by atoms with Crippen LogP contribution in [0.15, 0.2) is 41.3 Å². The van der Waals surface area contributed by atoms with E-state index in [1.54, 1.807) is 11.8 Å². The summed E-state index contributed by atoms with van der Waals surface area (Å²) in [5.74, 6) is -0.320. The Morgan fingerprint density at radius 2 is 1.83 bits per heavy atom. The second kappa shape index (κ2) is 10.9. The molecule has 0 bridgehead atoms. The molecule has 0 saturated heterocycles. The highest BCUT2D eigenvalue weighted by Gasteiger charge is 2.14. The number of carbonyl (C=O) groups is 2. The largest absolute Gasteiger partial charge is 0.465 e. The zero-order valence-electron chi connectivity index (χ0n) is 13.8. The maximum absolute atomic E-state index is 11.7. The highest BCUT2D eigenvalue weighted by Crippen LogP contribution is 2.18. The molecule has 4 nitrogen and oxygen atoms in total. The fraction of sp³-hybridized carbons (Fsp3) is 0.444. The lowest BCUT2D eigenvalue weighted by atomic mass is 10.2. The van der Waals surface area contributed by atoms with Crippen molar-refractivity contribution in [3.05, 3.63) is 42.0 Å². The number of benzene rings is 1. The van der Waals surface area contributed by atoms with Gasteiger partial charge in [0.2, 0.25) is 0 Å². The van der Waals surface area contributed by atoms with Crippen LogP contribution in [0.25, 0.3) is 0 Å². The van der Waals surface area contributed by atoms with Gasteiger partial charge >= 0.3 is 11.9 Å². The van der Waals surface area contributed by atoms with Crippen LogP contribution in [-0.2, 0) is 19.1 Å². The number of ether oxygens (including phenoxy) is 2. The van der Waals surface area contributed by atoms with Gasteiger partial charge in [0.15, 0.2) is 0 Å². The summed E-state index contributed by atoms with van der Waals surface area (Å²) in [6.07, 6.45) is 1.65. The van der Waals surface area contributed by atoms with Crippen LogP contribution in [0.4, 0.5) is 0 Å². The van der Waals surface area contributed by atoms with Crippen LogP contribution in [0.3, 0.4) is 0 Å². The Morgan fingerprint density at radius 1 is 1.13 bits per heavy atom. The molecule has 0 saturated carbocycles. The molecule has 0 radical (unpaired) electrons. The second-order valence-corrected chi connectivity index (χ2v) is 6.32. The first-order valence-corrected chi connectivity index (χ1v) is 8.71. The van der Waals surface area contributed by atoms with Crippen molar-refractivity contribution in [2.45, 2.75) is 38.0 Å². The van der Waals surface area contributed by atoms with Gasteiger partial charge in [0, 0.05) is 16.2 Å². The molecule has 126 valence electrons. The molecule has 23 heavy (non-hydrogen) atoms. The van der Waals surface area contributed by atoms with Gasteiger partial charge in [-0.25, -0.2) is 4.79 Å². The third-order valence-electron chi connectivity index (χ3n) is 3.01. The lowest BCUT2D eigenvalue weighted by molar-refractivity contribution is -0.146. The van der Waals surface area contributed by atoms with Gasteiger partial charge in [-0.1, -0.05) is 37.6 Å². The summed E-state index contributed by atoms with van der Waals surface area (Å²) in [6.45, 7) is 8.30. The Labute approximate surface area is 142 Å². The zero-order chi connectivity index (χ0) is 17.1. The van der Waals surface area contributed by atoms with Gasteiger partial charge in [-0.3, -0.25) is 4.79 Å². The number of carbonyl (C=O) groups excluding carboxylic acids is 2. The first kappa shape index (κ1) is 19.3. The summed E-state index contributed by atoms with van der Waals surface area (Å²) in [5.41, 5.74) is 1.34. The van der Waals surface area contributed by atoms with Crippen molar-refractivity contribution in [3.8, 4) is 0 Å². The van der Waals surface area contributed by atoms with Crippen LogP contribution in [0.1, 0.15) is 31.7 Å². The summed E-state index contributed by atoms with van der Waals surface area (Å²) in [7, 11) is 0. The molecule has 0 heterocycles. The van der Waals surface area contributed by atoms with E-state index in [0.717, 1.165) is 17.7 Å². The van der Waals surface area contributed by atoms with E-state index in [-0.39, 0.29) is 18.6 Å². The molecule has 1 rings (SSSR count). The topological polar surface area (TPSA) is 52.6 Å². The minimum Gasteiger partial charge on any atom is -0.465 e. The van der Waals surface area contributed by atoms with Crippen molar-refractivity contribution >= 4 is 23.7 Å². The van der Waals surface area contributed by atoms with Crippen LogP contribution in [0.2, 0.25) is 0 Å². The van der Waals surface area contributed by atoms with Crippen molar-refractivity contribution in [3.63, 3.8) is 0 Å². The number of aryl methyl sites for hydroxylation is 1. The van der Waals surface area contributed by atoms with E-state index in [9.17, 15) is 9.59 Å². The Hall–Kier alpha value is -1.75. The second-order valence-electron chi connectivity index (χ2n) is 5.15. The quantitative estimate of drug-likeness (QED) is 0.280. The maximum Gasteiger partial charge on any atom is 0.334 e. The van der Waals surface area contributed by atoms with Crippen LogP contribution in [-0.4, -0.2) is 30.9 Å². The maximum atomic E-state index is 11.7. The molecular formula is C18H24O4S. The molecular weight excluding hydrogens is 312 g/mol. The first-order valence-electron chi connectivity index (χ1n) is 7.73. The third-order valence-corrected chi connectivity index (χ3v) is 3.99. The van der Waals surface area contributed by atoms with Crippen LogP contribution in [0.5, 0.6) is 0 Å². The molecule has 1 aromatic rings. The third kappa shape index (κ3) is 8.45. The standard InChI is InChI=1S/C18H24O4S/c1-4-5-10-21-17(19)13-15(3)18(20)22-11-12-23-16-8-6-14(2)7-9-16/h6-9H,3-5,10-13H2,1-2H3. The molecule has 0 aliphatic carbocycles. The van der Waals surface area contributed by atoms with E-state index in [4.69, 9.17) is 9.47 Å². The van der Waals surface area contributed by atoms with E-state index in [2.05, 4.69) is 6.58 Å². The molecule has 0 atom stereocenters. The summed E-state index contributed by atoms with van der Waals surface area (Å²) >= 11 is 1.61. The molecule has 5 heteroatoms. The highest BCUT2D eigenvalue weighted by molar-refractivity contribution is 7.99. The smallest absolute Gasteiger partial charge is 0.334 e. The van der Waals surface area contributed by atoms with E-state index in [1.807, 2.05) is 38.1 Å². The molecule has 0 amide bonds. The molecule has 0 aliphatic heterocycles. The number of rotatable bonds is 10. The predicted molar refractivity (Wildman–Crippen MR) is 92.5 cm³/mol. The van der Waals surface area contributed by atoms with E-state index in [1.165, 1.54) is 5.56 Å². The fourth-order valence-electron chi connectivity index (χ4n) is 1.66. The Balaban J connectivity index is 2.18. The average Bonchev–Trinajstić information content (AvgIpc) is 2.53. The van der Waals surface area contributed by atoms with Gasteiger partial charge in [0.1, 0.15) is 6.61 Å².